The van der Waals surface area contributed by atoms with Crippen LogP contribution in [-0.2, 0) is 40.3 Å². The lowest BCUT2D eigenvalue weighted by Crippen LogP contribution is -2.44. The molecule has 6 heterocycles. The summed E-state index contributed by atoms with van der Waals surface area (Å²) >= 11 is 0. The maximum atomic E-state index is 14.5. The molecule has 2 saturated heterocycles. The van der Waals surface area contributed by atoms with Gasteiger partial charge in [-0.1, -0.05) is 25.3 Å². The van der Waals surface area contributed by atoms with E-state index >= 15 is 0 Å². The Labute approximate surface area is 391 Å². The van der Waals surface area contributed by atoms with Gasteiger partial charge in [0.15, 0.2) is 23.3 Å². The Morgan fingerprint density at radius 3 is 1.76 bits per heavy atom. The highest BCUT2D eigenvalue weighted by Gasteiger charge is 2.27. The summed E-state index contributed by atoms with van der Waals surface area (Å²) in [5.74, 6) is -0.465. The van der Waals surface area contributed by atoms with Crippen LogP contribution in [0.25, 0.3) is 0 Å². The van der Waals surface area contributed by atoms with Gasteiger partial charge in [0.25, 0.3) is 0 Å². The Bertz CT molecular complexity index is 2430. The first-order valence-electron chi connectivity index (χ1n) is 23.1. The molecule has 5 N–H and O–H groups in total. The van der Waals surface area contributed by atoms with E-state index in [1.54, 1.807) is 14.7 Å². The zero-order valence-electron chi connectivity index (χ0n) is 38.7. The van der Waals surface area contributed by atoms with E-state index in [1.165, 1.54) is 29.5 Å². The lowest BCUT2D eigenvalue weighted by Gasteiger charge is -2.32. The largest absolute Gasteiger partial charge is 0.444 e. The van der Waals surface area contributed by atoms with Crippen LogP contribution in [0.2, 0.25) is 0 Å². The molecule has 4 aromatic rings. The first-order valence-corrected chi connectivity index (χ1v) is 23.1. The molecule has 2 aromatic heterocycles. The second kappa shape index (κ2) is 22.2. The van der Waals surface area contributed by atoms with Gasteiger partial charge in [0.2, 0.25) is 23.7 Å². The first-order chi connectivity index (χ1) is 32.2. The minimum atomic E-state index is -0.554. The number of benzene rings is 2. The molecule has 0 saturated carbocycles. The van der Waals surface area contributed by atoms with Crippen molar-refractivity contribution in [3.8, 4) is 0 Å². The number of piperidine rings is 2. The molecular formula is C49H62F2N12O4. The predicted octanol–water partition coefficient (Wildman–Crippen LogP) is 7.62. The lowest BCUT2D eigenvalue weighted by atomic mass is 10.0. The Balaban J connectivity index is 0.000000203. The number of nitrogens with one attached hydrogen (secondary N) is 5. The summed E-state index contributed by atoms with van der Waals surface area (Å²) in [5.41, 5.74) is 5.92. The van der Waals surface area contributed by atoms with Crippen LogP contribution in [0, 0.1) is 11.6 Å². The molecule has 0 aliphatic carbocycles. The van der Waals surface area contributed by atoms with Crippen molar-refractivity contribution in [2.24, 2.45) is 0 Å². The third kappa shape index (κ3) is 13.5. The monoisotopic (exact) mass is 920 g/mol. The Hall–Kier alpha value is -6.69. The van der Waals surface area contributed by atoms with E-state index < -0.39 is 17.2 Å². The van der Waals surface area contributed by atoms with Gasteiger partial charge in [0, 0.05) is 69.3 Å². The van der Waals surface area contributed by atoms with Crippen LogP contribution in [0.5, 0.6) is 0 Å². The molecule has 0 spiro atoms. The molecule has 2 aromatic carbocycles. The number of anilines is 6. The highest BCUT2D eigenvalue weighted by molar-refractivity contribution is 5.87. The highest BCUT2D eigenvalue weighted by Crippen LogP contribution is 2.27. The van der Waals surface area contributed by atoms with Crippen molar-refractivity contribution in [1.82, 2.24) is 40.0 Å². The lowest BCUT2D eigenvalue weighted by molar-refractivity contribution is -0.127. The zero-order chi connectivity index (χ0) is 47.5. The number of nitrogens with zero attached hydrogens (tertiary/aromatic N) is 7. The van der Waals surface area contributed by atoms with Gasteiger partial charge in [-0.15, -0.1) is 0 Å². The summed E-state index contributed by atoms with van der Waals surface area (Å²) in [5, 5.41) is 16.0. The fourth-order valence-electron chi connectivity index (χ4n) is 8.60. The number of carbonyl (C=O) groups is 3. The molecule has 0 bridgehead atoms. The summed E-state index contributed by atoms with van der Waals surface area (Å²) < 4.78 is 34.4. The van der Waals surface area contributed by atoms with Crippen molar-refractivity contribution in [2.45, 2.75) is 103 Å². The maximum Gasteiger partial charge on any atom is 0.410 e. The fourth-order valence-corrected chi connectivity index (χ4v) is 8.60. The van der Waals surface area contributed by atoms with E-state index in [1.807, 2.05) is 45.0 Å². The van der Waals surface area contributed by atoms with E-state index in [0.717, 1.165) is 93.2 Å². The molecule has 3 amide bonds. The Morgan fingerprint density at radius 2 is 1.22 bits per heavy atom. The molecule has 67 heavy (non-hydrogen) atoms. The van der Waals surface area contributed by atoms with E-state index in [4.69, 9.17) is 4.74 Å². The summed E-state index contributed by atoms with van der Waals surface area (Å²) in [6.07, 6.45) is 11.7. The summed E-state index contributed by atoms with van der Waals surface area (Å²) in [6, 6.07) is 11.9. The smallest absolute Gasteiger partial charge is 0.410 e. The first kappa shape index (κ1) is 48.2. The minimum absolute atomic E-state index is 0.0695. The number of ether oxygens (including phenoxy) is 1. The Kier molecular flexibility index (Phi) is 16.0. The van der Waals surface area contributed by atoms with Gasteiger partial charge in [0.05, 0.1) is 12.4 Å². The van der Waals surface area contributed by atoms with Crippen molar-refractivity contribution >= 4 is 52.8 Å². The van der Waals surface area contributed by atoms with Crippen LogP contribution in [0.4, 0.5) is 48.5 Å². The molecule has 4 aliphatic rings. The number of hydrogen-bond acceptors (Lipinski definition) is 13. The summed E-state index contributed by atoms with van der Waals surface area (Å²) in [4.78, 5) is 58.4. The predicted molar refractivity (Wildman–Crippen MR) is 255 cm³/mol. The van der Waals surface area contributed by atoms with E-state index in [2.05, 4.69) is 71.8 Å². The zero-order valence-corrected chi connectivity index (χ0v) is 38.7. The van der Waals surface area contributed by atoms with Crippen molar-refractivity contribution < 1.29 is 27.9 Å². The van der Waals surface area contributed by atoms with Gasteiger partial charge in [-0.25, -0.2) is 23.5 Å². The molecule has 2 atom stereocenters. The van der Waals surface area contributed by atoms with Gasteiger partial charge in [-0.3, -0.25) is 9.59 Å². The SMILES string of the molecule is C=CC(=O)N1CCC[C@@H](Nc2nc(Nc3ccc4c(c3)CCCN(C(=O)OC(C)(C)C)C4)ncc2F)C1.C=CC(=O)N1CCC[C@@H](Nc2nc(Nc3ccc4c(c3)CCCNC4)ncc2F)C1. The van der Waals surface area contributed by atoms with Gasteiger partial charge in [-0.2, -0.15) is 9.97 Å². The third-order valence-electron chi connectivity index (χ3n) is 11.9. The number of hydrogen-bond donors (Lipinski definition) is 5. The highest BCUT2D eigenvalue weighted by atomic mass is 19.1. The molecular weight excluding hydrogens is 859 g/mol. The second-order valence-corrected chi connectivity index (χ2v) is 18.2. The standard InChI is InChI=1S/C27H35FN6O3.C22H27FN6O/c1-5-23(35)33-12-7-9-21(17-33)30-24-22(28)15-29-25(32-24)31-20-11-10-19-16-34(13-6-8-18(19)14-20)26(36)37-27(2,3)4;1-2-20(30)29-10-4-6-18(14-29)26-21-19(23)13-25-22(28-21)27-17-8-7-16-12-24-9-3-5-15(16)11-17/h5,10-11,14-15,21H,1,6-9,12-13,16-17H2,2-4H3,(H2,29,30,31,32);2,7-8,11,13,18,24H,1,3-6,9-10,12,14H2,(H2,25,26,27,28)/t21-;18-/m11/s1. The molecule has 8 rings (SSSR count). The van der Waals surface area contributed by atoms with E-state index in [0.29, 0.717) is 45.2 Å². The van der Waals surface area contributed by atoms with Crippen LogP contribution in [0.3, 0.4) is 0 Å². The van der Waals surface area contributed by atoms with Crippen LogP contribution in [0.15, 0.2) is 74.1 Å². The number of rotatable bonds is 10. The van der Waals surface area contributed by atoms with Crippen LogP contribution in [-0.4, -0.2) is 109 Å². The average Bonchev–Trinajstić information content (AvgIpc) is 3.69. The van der Waals surface area contributed by atoms with Gasteiger partial charge in [-0.05, 0) is 137 Å². The number of fused-ring (bicyclic) bond motifs is 2. The fraction of sp³-hybridized carbons (Fsp3) is 0.449. The number of amides is 3. The van der Waals surface area contributed by atoms with E-state index in [9.17, 15) is 23.2 Å². The van der Waals surface area contributed by atoms with Crippen molar-refractivity contribution in [3.05, 3.63) is 108 Å². The quantitative estimate of drug-likeness (QED) is 0.0982. The summed E-state index contributed by atoms with van der Waals surface area (Å²) in [7, 11) is 0. The molecule has 0 radical (unpaired) electrons. The molecule has 356 valence electrons. The van der Waals surface area contributed by atoms with Gasteiger partial charge >= 0.3 is 6.09 Å². The number of aromatic nitrogens is 4. The van der Waals surface area contributed by atoms with Crippen LogP contribution < -0.4 is 26.6 Å². The Morgan fingerprint density at radius 1 is 0.716 bits per heavy atom. The van der Waals surface area contributed by atoms with Gasteiger partial charge < -0.3 is 46.0 Å². The number of halogens is 2. The number of likely N-dealkylation sites (tertiary alicyclic amines) is 2. The minimum Gasteiger partial charge on any atom is -0.444 e. The third-order valence-corrected chi connectivity index (χ3v) is 11.9. The number of aryl methyl sites for hydroxylation is 2. The summed E-state index contributed by atoms with van der Waals surface area (Å²) in [6.45, 7) is 18.0. The topological polar surface area (TPSA) is 182 Å². The molecule has 0 unspecified atom stereocenters. The molecule has 16 nitrogen and oxygen atoms in total. The van der Waals surface area contributed by atoms with E-state index in [-0.39, 0.29) is 47.6 Å². The van der Waals surface area contributed by atoms with Crippen molar-refractivity contribution in [3.63, 3.8) is 0 Å². The van der Waals surface area contributed by atoms with Crippen molar-refractivity contribution in [2.75, 3.05) is 60.5 Å². The van der Waals surface area contributed by atoms with Crippen LogP contribution in [0.1, 0.15) is 81.5 Å². The maximum absolute atomic E-state index is 14.5. The molecule has 2 fully saturated rings. The molecule has 18 heteroatoms. The van der Waals surface area contributed by atoms with Crippen LogP contribution >= 0.6 is 0 Å². The van der Waals surface area contributed by atoms with Crippen molar-refractivity contribution in [1.29, 1.82) is 0 Å². The second-order valence-electron chi connectivity index (χ2n) is 18.2. The van der Waals surface area contributed by atoms with Gasteiger partial charge in [0.1, 0.15) is 5.60 Å². The average molecular weight is 921 g/mol. The normalized spacial score (nSPS) is 18.3. The number of carbonyl (C=O) groups excluding carboxylic acids is 3. The molecule has 4 aliphatic heterocycles.